The van der Waals surface area contributed by atoms with Gasteiger partial charge in [0, 0.05) is 20.2 Å². The first-order valence-electron chi connectivity index (χ1n) is 7.24. The molecule has 1 fully saturated rings. The number of hydrogen-bond donors (Lipinski definition) is 0. The zero-order valence-corrected chi connectivity index (χ0v) is 12.6. The van der Waals surface area contributed by atoms with Crippen molar-refractivity contribution in [2.45, 2.75) is 31.7 Å². The quantitative estimate of drug-likeness (QED) is 0.813. The van der Waals surface area contributed by atoms with Crippen molar-refractivity contribution in [2.24, 2.45) is 0 Å². The van der Waals surface area contributed by atoms with E-state index in [0.717, 1.165) is 19.3 Å². The molecule has 1 aliphatic rings. The Morgan fingerprint density at radius 2 is 2.05 bits per heavy atom. The highest BCUT2D eigenvalue weighted by atomic mass is 19.1. The van der Waals surface area contributed by atoms with E-state index in [0.29, 0.717) is 17.2 Å². The number of nitrogens with zero attached hydrogens (tertiary/aromatic N) is 4. The lowest BCUT2D eigenvalue weighted by Gasteiger charge is -2.48. The Balaban J connectivity index is 1.97. The summed E-state index contributed by atoms with van der Waals surface area (Å²) in [4.78, 5) is 17.4. The van der Waals surface area contributed by atoms with Crippen LogP contribution in [0.15, 0.2) is 30.5 Å². The molecule has 114 valence electrons. The molecule has 0 unspecified atom stereocenters. The number of pyridine rings is 1. The zero-order chi connectivity index (χ0) is 15.7. The average molecular weight is 300 g/mol. The summed E-state index contributed by atoms with van der Waals surface area (Å²) < 4.78 is 14.2. The highest BCUT2D eigenvalue weighted by Crippen LogP contribution is 2.47. The van der Waals surface area contributed by atoms with Gasteiger partial charge >= 0.3 is 0 Å². The monoisotopic (exact) mass is 300 g/mol. The minimum atomic E-state index is -0.488. The smallest absolute Gasteiger partial charge is 0.180 e. The van der Waals surface area contributed by atoms with Crippen LogP contribution in [0.25, 0.3) is 0 Å². The fourth-order valence-corrected chi connectivity index (χ4v) is 2.88. The van der Waals surface area contributed by atoms with Gasteiger partial charge in [-0.2, -0.15) is 0 Å². The second-order valence-corrected chi connectivity index (χ2v) is 5.61. The predicted octanol–water partition coefficient (Wildman–Crippen LogP) is 2.73. The van der Waals surface area contributed by atoms with Crippen LogP contribution in [0.3, 0.4) is 0 Å². The first-order chi connectivity index (χ1) is 10.5. The number of aromatic nitrogens is 3. The van der Waals surface area contributed by atoms with Crippen molar-refractivity contribution in [3.05, 3.63) is 47.7 Å². The van der Waals surface area contributed by atoms with Gasteiger partial charge in [-0.25, -0.2) is 4.39 Å². The van der Waals surface area contributed by atoms with Crippen LogP contribution < -0.4 is 4.90 Å². The number of anilines is 1. The zero-order valence-electron chi connectivity index (χ0n) is 12.6. The standard InChI is InChI=1S/C16H17FN4O/c1-11(22)13-6-7-14(20-19-13)21(2)16(8-4-9-16)15-12(17)5-3-10-18-15/h3,5-7,10H,4,8-9H2,1-2H3. The van der Waals surface area contributed by atoms with Gasteiger partial charge in [0.05, 0.1) is 5.54 Å². The molecule has 0 aliphatic heterocycles. The lowest BCUT2D eigenvalue weighted by molar-refractivity contribution is 0.101. The molecule has 5 nitrogen and oxygen atoms in total. The minimum Gasteiger partial charge on any atom is -0.347 e. The Hall–Kier alpha value is -2.37. The summed E-state index contributed by atoms with van der Waals surface area (Å²) in [7, 11) is 1.87. The Kier molecular flexibility index (Phi) is 3.60. The fourth-order valence-electron chi connectivity index (χ4n) is 2.88. The van der Waals surface area contributed by atoms with Crippen molar-refractivity contribution in [3.8, 4) is 0 Å². The third kappa shape index (κ3) is 2.24. The van der Waals surface area contributed by atoms with E-state index in [1.54, 1.807) is 24.4 Å². The fraction of sp³-hybridized carbons (Fsp3) is 0.375. The molecule has 2 heterocycles. The van der Waals surface area contributed by atoms with Gasteiger partial charge in [0.1, 0.15) is 17.2 Å². The average Bonchev–Trinajstić information content (AvgIpc) is 2.48. The summed E-state index contributed by atoms with van der Waals surface area (Å²) in [6.07, 6.45) is 4.25. The van der Waals surface area contributed by atoms with Gasteiger partial charge in [0.2, 0.25) is 0 Å². The van der Waals surface area contributed by atoms with Crippen molar-refractivity contribution >= 4 is 11.6 Å². The largest absolute Gasteiger partial charge is 0.347 e. The second kappa shape index (κ2) is 5.44. The van der Waals surface area contributed by atoms with Crippen molar-refractivity contribution in [3.63, 3.8) is 0 Å². The van der Waals surface area contributed by atoms with E-state index in [4.69, 9.17) is 0 Å². The van der Waals surface area contributed by atoms with Crippen LogP contribution in [0.2, 0.25) is 0 Å². The SMILES string of the molecule is CC(=O)c1ccc(N(C)C2(c3ncccc3F)CCC2)nn1. The molecule has 2 aromatic rings. The maximum Gasteiger partial charge on any atom is 0.180 e. The molecule has 0 amide bonds. The van der Waals surface area contributed by atoms with E-state index in [1.807, 2.05) is 11.9 Å². The number of rotatable bonds is 4. The van der Waals surface area contributed by atoms with Crippen molar-refractivity contribution in [2.75, 3.05) is 11.9 Å². The van der Waals surface area contributed by atoms with E-state index in [-0.39, 0.29) is 11.6 Å². The molecule has 0 saturated heterocycles. The normalized spacial score (nSPS) is 16.0. The van der Waals surface area contributed by atoms with Gasteiger partial charge in [0.25, 0.3) is 0 Å². The molecule has 6 heteroatoms. The molecule has 0 bridgehead atoms. The van der Waals surface area contributed by atoms with Crippen molar-refractivity contribution in [1.82, 2.24) is 15.2 Å². The van der Waals surface area contributed by atoms with E-state index < -0.39 is 5.54 Å². The van der Waals surface area contributed by atoms with Crippen molar-refractivity contribution in [1.29, 1.82) is 0 Å². The molecule has 0 aromatic carbocycles. The Labute approximate surface area is 128 Å². The summed E-state index contributed by atoms with van der Waals surface area (Å²) in [5.74, 6) is 0.174. The lowest BCUT2D eigenvalue weighted by Crippen LogP contribution is -2.51. The van der Waals surface area contributed by atoms with Crippen LogP contribution in [-0.2, 0) is 5.54 Å². The molecule has 1 aliphatic carbocycles. The number of carbonyl (C=O) groups excluding carboxylic acids is 1. The van der Waals surface area contributed by atoms with E-state index in [2.05, 4.69) is 15.2 Å². The Morgan fingerprint density at radius 3 is 2.55 bits per heavy atom. The molecule has 0 atom stereocenters. The summed E-state index contributed by atoms with van der Waals surface area (Å²) >= 11 is 0. The number of hydrogen-bond acceptors (Lipinski definition) is 5. The molecule has 2 aromatic heterocycles. The van der Waals surface area contributed by atoms with Gasteiger partial charge in [-0.05, 0) is 43.5 Å². The topological polar surface area (TPSA) is 59.0 Å². The van der Waals surface area contributed by atoms with Crippen LogP contribution in [0.4, 0.5) is 10.2 Å². The van der Waals surface area contributed by atoms with E-state index in [1.165, 1.54) is 13.0 Å². The van der Waals surface area contributed by atoms with Gasteiger partial charge < -0.3 is 4.90 Å². The van der Waals surface area contributed by atoms with Crippen LogP contribution in [0.1, 0.15) is 42.4 Å². The second-order valence-electron chi connectivity index (χ2n) is 5.61. The number of Topliss-reactive ketones (excluding diaryl/α,β-unsaturated/α-hetero) is 1. The molecule has 0 spiro atoms. The summed E-state index contributed by atoms with van der Waals surface area (Å²) in [5, 5.41) is 8.04. The van der Waals surface area contributed by atoms with Crippen molar-refractivity contribution < 1.29 is 9.18 Å². The lowest BCUT2D eigenvalue weighted by atomic mass is 9.72. The molecule has 3 rings (SSSR count). The minimum absolute atomic E-state index is 0.129. The number of ketones is 1. The molecule has 0 radical (unpaired) electrons. The molecular formula is C16H17FN4O. The Bertz CT molecular complexity index is 698. The molecular weight excluding hydrogens is 283 g/mol. The summed E-state index contributed by atoms with van der Waals surface area (Å²) in [6.45, 7) is 1.45. The van der Waals surface area contributed by atoms with Crippen LogP contribution in [0.5, 0.6) is 0 Å². The van der Waals surface area contributed by atoms with Gasteiger partial charge in [-0.1, -0.05) is 0 Å². The third-order valence-corrected chi connectivity index (χ3v) is 4.38. The number of carbonyl (C=O) groups is 1. The van der Waals surface area contributed by atoms with E-state index >= 15 is 0 Å². The predicted molar refractivity (Wildman–Crippen MR) is 80.2 cm³/mol. The third-order valence-electron chi connectivity index (χ3n) is 4.38. The van der Waals surface area contributed by atoms with Crippen LogP contribution in [-0.4, -0.2) is 28.0 Å². The maximum absolute atomic E-state index is 14.2. The summed E-state index contributed by atoms with van der Waals surface area (Å²) in [5.41, 5.74) is 0.280. The highest BCUT2D eigenvalue weighted by Gasteiger charge is 2.46. The Morgan fingerprint density at radius 1 is 1.27 bits per heavy atom. The molecule has 1 saturated carbocycles. The maximum atomic E-state index is 14.2. The molecule has 0 N–H and O–H groups in total. The summed E-state index contributed by atoms with van der Waals surface area (Å²) in [6, 6.07) is 6.40. The van der Waals surface area contributed by atoms with Gasteiger partial charge in [0.15, 0.2) is 11.6 Å². The first-order valence-corrected chi connectivity index (χ1v) is 7.24. The van der Waals surface area contributed by atoms with E-state index in [9.17, 15) is 9.18 Å². The van der Waals surface area contributed by atoms with Crippen LogP contribution in [0, 0.1) is 5.82 Å². The van der Waals surface area contributed by atoms with Gasteiger partial charge in [-0.15, -0.1) is 10.2 Å². The first kappa shape index (κ1) is 14.6. The highest BCUT2D eigenvalue weighted by molar-refractivity contribution is 5.91. The molecule has 22 heavy (non-hydrogen) atoms. The van der Waals surface area contributed by atoms with Gasteiger partial charge in [-0.3, -0.25) is 9.78 Å². The van der Waals surface area contributed by atoms with Crippen LogP contribution >= 0.6 is 0 Å². The number of halogens is 1.